The lowest BCUT2D eigenvalue weighted by Gasteiger charge is -2.34. The predicted molar refractivity (Wildman–Crippen MR) is 106 cm³/mol. The van der Waals surface area contributed by atoms with Gasteiger partial charge < -0.3 is 19.3 Å². The van der Waals surface area contributed by atoms with Gasteiger partial charge in [0, 0.05) is 32.7 Å². The fraction of sp³-hybridized carbons (Fsp3) is 0.611. The molecule has 2 fully saturated rings. The maximum atomic E-state index is 12.3. The lowest BCUT2D eigenvalue weighted by atomic mass is 10.0. The van der Waals surface area contributed by atoms with Crippen LogP contribution in [-0.4, -0.2) is 85.3 Å². The maximum absolute atomic E-state index is 12.3. The molecule has 162 valence electrons. The van der Waals surface area contributed by atoms with E-state index in [2.05, 4.69) is 20.8 Å². The van der Waals surface area contributed by atoms with Crippen LogP contribution >= 0.6 is 11.6 Å². The molecular weight excluding hydrogens is 414 g/mol. The molecule has 2 unspecified atom stereocenters. The molecule has 3 heterocycles. The average molecular weight is 438 g/mol. The van der Waals surface area contributed by atoms with Gasteiger partial charge in [0.15, 0.2) is 5.92 Å². The number of nitrogens with one attached hydrogen (secondary N) is 2. The molecule has 3 rings (SSSR count). The monoisotopic (exact) mass is 437 g/mol. The zero-order chi connectivity index (χ0) is 21.3. The SMILES string of the molecule is N#CC1C(=O)NNCC1OCCOCCC(=O)N1CCN(c2ncc(Cl)cn2)CC1. The third-order valence-electron chi connectivity index (χ3n) is 4.85. The molecule has 1 aromatic rings. The summed E-state index contributed by atoms with van der Waals surface area (Å²) in [6.07, 6.45) is 2.88. The second kappa shape index (κ2) is 11.0. The highest BCUT2D eigenvalue weighted by atomic mass is 35.5. The molecule has 2 amide bonds. The van der Waals surface area contributed by atoms with E-state index >= 15 is 0 Å². The predicted octanol–water partition coefficient (Wildman–Crippen LogP) is -0.655. The van der Waals surface area contributed by atoms with Gasteiger partial charge in [0.1, 0.15) is 0 Å². The summed E-state index contributed by atoms with van der Waals surface area (Å²) in [6.45, 7) is 3.68. The Morgan fingerprint density at radius 2 is 1.97 bits per heavy atom. The van der Waals surface area contributed by atoms with Crippen molar-refractivity contribution in [3.8, 4) is 6.07 Å². The number of nitriles is 1. The Balaban J connectivity index is 1.28. The van der Waals surface area contributed by atoms with Crippen LogP contribution in [0.2, 0.25) is 5.02 Å². The molecule has 11 nitrogen and oxygen atoms in total. The molecule has 0 aromatic carbocycles. The first kappa shape index (κ1) is 22.2. The first-order valence-corrected chi connectivity index (χ1v) is 10.1. The van der Waals surface area contributed by atoms with Gasteiger partial charge in [-0.2, -0.15) is 5.26 Å². The van der Waals surface area contributed by atoms with Crippen LogP contribution in [0.3, 0.4) is 0 Å². The number of hydrogen-bond acceptors (Lipinski definition) is 9. The minimum absolute atomic E-state index is 0.0327. The Hall–Kier alpha value is -2.52. The number of ether oxygens (including phenoxy) is 2. The second-order valence-electron chi connectivity index (χ2n) is 6.82. The average Bonchev–Trinajstić information content (AvgIpc) is 2.76. The third kappa shape index (κ3) is 5.99. The summed E-state index contributed by atoms with van der Waals surface area (Å²) in [5.41, 5.74) is 5.09. The zero-order valence-corrected chi connectivity index (χ0v) is 17.2. The van der Waals surface area contributed by atoms with Crippen molar-refractivity contribution < 1.29 is 19.1 Å². The van der Waals surface area contributed by atoms with Gasteiger partial charge in [-0.05, 0) is 0 Å². The van der Waals surface area contributed by atoms with E-state index in [1.54, 1.807) is 17.3 Å². The Morgan fingerprint density at radius 1 is 1.23 bits per heavy atom. The molecule has 0 aliphatic carbocycles. The van der Waals surface area contributed by atoms with Gasteiger partial charge in [-0.25, -0.2) is 15.4 Å². The summed E-state index contributed by atoms with van der Waals surface area (Å²) in [7, 11) is 0. The number of halogens is 1. The minimum Gasteiger partial charge on any atom is -0.379 e. The van der Waals surface area contributed by atoms with Gasteiger partial charge in [0.25, 0.3) is 5.91 Å². The van der Waals surface area contributed by atoms with Gasteiger partial charge in [-0.1, -0.05) is 11.6 Å². The number of nitrogens with zero attached hydrogens (tertiary/aromatic N) is 5. The van der Waals surface area contributed by atoms with Crippen LogP contribution in [-0.2, 0) is 19.1 Å². The number of aromatic nitrogens is 2. The Kier molecular flexibility index (Phi) is 8.15. The number of piperazine rings is 1. The van der Waals surface area contributed by atoms with Gasteiger partial charge in [0.2, 0.25) is 11.9 Å². The molecule has 0 radical (unpaired) electrons. The van der Waals surface area contributed by atoms with Crippen molar-refractivity contribution >= 4 is 29.4 Å². The number of carbonyl (C=O) groups excluding carboxylic acids is 2. The summed E-state index contributed by atoms with van der Waals surface area (Å²) < 4.78 is 11.0. The number of hydrogen-bond donors (Lipinski definition) is 2. The van der Waals surface area contributed by atoms with Crippen LogP contribution in [0.1, 0.15) is 6.42 Å². The number of hydrazine groups is 1. The molecule has 12 heteroatoms. The van der Waals surface area contributed by atoms with E-state index in [9.17, 15) is 9.59 Å². The molecule has 2 aliphatic rings. The number of amides is 2. The fourth-order valence-electron chi connectivity index (χ4n) is 3.20. The molecule has 2 atom stereocenters. The summed E-state index contributed by atoms with van der Waals surface area (Å²) in [6, 6.07) is 1.94. The van der Waals surface area contributed by atoms with E-state index in [-0.39, 0.29) is 32.1 Å². The first-order chi connectivity index (χ1) is 14.6. The van der Waals surface area contributed by atoms with Gasteiger partial charge in [-0.3, -0.25) is 15.0 Å². The highest BCUT2D eigenvalue weighted by Crippen LogP contribution is 2.13. The second-order valence-corrected chi connectivity index (χ2v) is 7.25. The van der Waals surface area contributed by atoms with E-state index in [1.807, 2.05) is 11.0 Å². The fourth-order valence-corrected chi connectivity index (χ4v) is 3.30. The lowest BCUT2D eigenvalue weighted by Crippen LogP contribution is -2.55. The molecule has 1 aromatic heterocycles. The number of carbonyl (C=O) groups is 2. The molecule has 0 spiro atoms. The van der Waals surface area contributed by atoms with Crippen LogP contribution in [0.25, 0.3) is 0 Å². The van der Waals surface area contributed by atoms with E-state index in [0.717, 1.165) is 0 Å². The lowest BCUT2D eigenvalue weighted by molar-refractivity contribution is -0.135. The van der Waals surface area contributed by atoms with Crippen molar-refractivity contribution in [1.29, 1.82) is 5.26 Å². The van der Waals surface area contributed by atoms with E-state index in [4.69, 9.17) is 26.3 Å². The van der Waals surface area contributed by atoms with Crippen molar-refractivity contribution in [2.45, 2.75) is 12.5 Å². The van der Waals surface area contributed by atoms with Crippen molar-refractivity contribution in [3.05, 3.63) is 17.4 Å². The normalized spacial score (nSPS) is 21.8. The smallest absolute Gasteiger partial charge is 0.254 e. The van der Waals surface area contributed by atoms with Crippen LogP contribution in [0.5, 0.6) is 0 Å². The maximum Gasteiger partial charge on any atom is 0.254 e. The Labute approximate surface area is 179 Å². The molecule has 2 N–H and O–H groups in total. The Bertz CT molecular complexity index is 765. The molecule has 0 bridgehead atoms. The molecular formula is C18H24ClN7O4. The Morgan fingerprint density at radius 3 is 2.67 bits per heavy atom. The highest BCUT2D eigenvalue weighted by Gasteiger charge is 2.32. The summed E-state index contributed by atoms with van der Waals surface area (Å²) in [4.78, 5) is 36.1. The molecule has 2 saturated heterocycles. The molecule has 30 heavy (non-hydrogen) atoms. The van der Waals surface area contributed by atoms with E-state index in [1.165, 1.54) is 0 Å². The zero-order valence-electron chi connectivity index (χ0n) is 16.4. The molecule has 0 saturated carbocycles. The minimum atomic E-state index is -0.843. The summed E-state index contributed by atoms with van der Waals surface area (Å²) in [5.74, 6) is -0.600. The third-order valence-corrected chi connectivity index (χ3v) is 5.05. The molecule has 2 aliphatic heterocycles. The van der Waals surface area contributed by atoms with Crippen molar-refractivity contribution in [1.82, 2.24) is 25.7 Å². The van der Waals surface area contributed by atoms with Gasteiger partial charge in [0.05, 0.1) is 55.8 Å². The highest BCUT2D eigenvalue weighted by molar-refractivity contribution is 6.30. The van der Waals surface area contributed by atoms with Crippen LogP contribution in [0, 0.1) is 17.2 Å². The summed E-state index contributed by atoms with van der Waals surface area (Å²) >= 11 is 5.81. The van der Waals surface area contributed by atoms with Gasteiger partial charge >= 0.3 is 0 Å². The quantitative estimate of drug-likeness (QED) is 0.508. The van der Waals surface area contributed by atoms with Gasteiger partial charge in [-0.15, -0.1) is 0 Å². The van der Waals surface area contributed by atoms with E-state index < -0.39 is 17.9 Å². The number of anilines is 1. The largest absolute Gasteiger partial charge is 0.379 e. The summed E-state index contributed by atoms with van der Waals surface area (Å²) in [5, 5.41) is 9.53. The van der Waals surface area contributed by atoms with Crippen molar-refractivity contribution in [2.24, 2.45) is 5.92 Å². The first-order valence-electron chi connectivity index (χ1n) is 9.70. The van der Waals surface area contributed by atoms with Crippen molar-refractivity contribution in [2.75, 3.05) is 57.4 Å². The van der Waals surface area contributed by atoms with E-state index in [0.29, 0.717) is 43.7 Å². The topological polar surface area (TPSA) is 133 Å². The van der Waals surface area contributed by atoms with Crippen LogP contribution < -0.4 is 15.8 Å². The van der Waals surface area contributed by atoms with Crippen LogP contribution in [0.4, 0.5) is 5.95 Å². The van der Waals surface area contributed by atoms with Crippen LogP contribution in [0.15, 0.2) is 12.4 Å². The standard InChI is InChI=1S/C18H24ClN7O4/c19-13-10-21-18(22-11-13)26-4-2-25(3-5-26)16(27)1-6-29-7-8-30-15-12-23-24-17(28)14(15)9-20/h10-11,14-15,23H,1-8,12H2,(H,24,28). The van der Waals surface area contributed by atoms with Crippen molar-refractivity contribution in [3.63, 3.8) is 0 Å². The number of rotatable bonds is 8.